The number of rotatable bonds is 4. The van der Waals surface area contributed by atoms with Crippen LogP contribution < -0.4 is 4.74 Å². The lowest BCUT2D eigenvalue weighted by Gasteiger charge is -2.40. The van der Waals surface area contributed by atoms with Crippen molar-refractivity contribution in [2.75, 3.05) is 26.2 Å². The summed E-state index contributed by atoms with van der Waals surface area (Å²) >= 11 is 0. The van der Waals surface area contributed by atoms with Crippen molar-refractivity contribution >= 4 is 6.03 Å². The van der Waals surface area contributed by atoms with Gasteiger partial charge in [-0.05, 0) is 37.0 Å². The van der Waals surface area contributed by atoms with Crippen molar-refractivity contribution < 1.29 is 32.3 Å². The number of likely N-dealkylation sites (tertiary alicyclic amines) is 2. The molecule has 2 atom stereocenters. The van der Waals surface area contributed by atoms with Crippen LogP contribution >= 0.6 is 0 Å². The summed E-state index contributed by atoms with van der Waals surface area (Å²) in [6.45, 7) is 5.70. The molecule has 2 aliphatic rings. The van der Waals surface area contributed by atoms with E-state index >= 15 is 0 Å². The minimum absolute atomic E-state index is 0.0931. The van der Waals surface area contributed by atoms with Crippen molar-refractivity contribution in [2.45, 2.75) is 63.3 Å². The third kappa shape index (κ3) is 5.81. The molecule has 11 heteroatoms. The number of hydrogen-bond acceptors (Lipinski definition) is 6. The van der Waals surface area contributed by atoms with Gasteiger partial charge in [0.15, 0.2) is 5.82 Å². The summed E-state index contributed by atoms with van der Waals surface area (Å²) < 4.78 is 47.1. The van der Waals surface area contributed by atoms with Crippen LogP contribution in [0, 0.1) is 0 Å². The highest BCUT2D eigenvalue weighted by Gasteiger charge is 2.37. The number of nitrogens with zero attached hydrogens (tertiary/aromatic N) is 4. The molecule has 1 aromatic heterocycles. The van der Waals surface area contributed by atoms with Gasteiger partial charge in [0, 0.05) is 38.0 Å². The maximum atomic E-state index is 13.3. The van der Waals surface area contributed by atoms with Crippen LogP contribution in [0.2, 0.25) is 0 Å². The molecule has 1 N–H and O–H groups in total. The van der Waals surface area contributed by atoms with E-state index in [1.165, 1.54) is 12.1 Å². The number of hydrogen-bond donors (Lipinski definition) is 1. The molecule has 0 aliphatic carbocycles. The predicted octanol–water partition coefficient (Wildman–Crippen LogP) is 4.24. The molecule has 2 aromatic rings. The van der Waals surface area contributed by atoms with Gasteiger partial charge in [-0.1, -0.05) is 31.1 Å². The normalized spacial score (nSPS) is 22.3. The largest absolute Gasteiger partial charge is 0.573 e. The summed E-state index contributed by atoms with van der Waals surface area (Å²) in [6.07, 6.45) is -3.46. The Morgan fingerprint density at radius 3 is 2.35 bits per heavy atom. The Morgan fingerprint density at radius 1 is 1.12 bits per heavy atom. The molecule has 8 nitrogen and oxygen atoms in total. The number of halogens is 3. The molecule has 186 valence electrons. The number of carbonyl (C=O) groups is 1. The molecule has 0 bridgehead atoms. The van der Waals surface area contributed by atoms with Crippen LogP contribution in [-0.4, -0.2) is 69.7 Å². The van der Waals surface area contributed by atoms with Gasteiger partial charge >= 0.3 is 12.4 Å². The Labute approximate surface area is 195 Å². The summed E-state index contributed by atoms with van der Waals surface area (Å²) in [5.41, 5.74) is 0.801. The average Bonchev–Trinajstić information content (AvgIpc) is 3.29. The first-order valence-electron chi connectivity index (χ1n) is 11.5. The standard InChI is InChI=1S/C23H29F3N4O4/c1-14(2)20-27-21(34-28-20)17-11-16(15-3-5-19(6-4-15)33-23(24,25)26)12-30(13-17)22(32)29-9-7-18(31)8-10-29/h3-6,14,16-18,31H,7-13H2,1-2H3. The first kappa shape index (κ1) is 24.3. The Kier molecular flexibility index (Phi) is 7.01. The maximum Gasteiger partial charge on any atom is 0.573 e. The molecule has 2 amide bonds. The van der Waals surface area contributed by atoms with Crippen LogP contribution in [0.15, 0.2) is 28.8 Å². The van der Waals surface area contributed by atoms with Crippen LogP contribution in [0.1, 0.15) is 68.1 Å². The van der Waals surface area contributed by atoms with Crippen LogP contribution in [0.25, 0.3) is 0 Å². The van der Waals surface area contributed by atoms with E-state index in [-0.39, 0.29) is 29.5 Å². The number of benzene rings is 1. The molecular weight excluding hydrogens is 453 g/mol. The zero-order valence-electron chi connectivity index (χ0n) is 19.2. The van der Waals surface area contributed by atoms with E-state index in [0.29, 0.717) is 57.2 Å². The summed E-state index contributed by atoms with van der Waals surface area (Å²) in [7, 11) is 0. The minimum Gasteiger partial charge on any atom is -0.406 e. The molecule has 2 saturated heterocycles. The highest BCUT2D eigenvalue weighted by atomic mass is 19.4. The predicted molar refractivity (Wildman–Crippen MR) is 115 cm³/mol. The van der Waals surface area contributed by atoms with Gasteiger partial charge in [-0.3, -0.25) is 0 Å². The van der Waals surface area contributed by atoms with E-state index < -0.39 is 12.5 Å². The summed E-state index contributed by atoms with van der Waals surface area (Å²) in [4.78, 5) is 21.3. The number of aromatic nitrogens is 2. The molecule has 0 saturated carbocycles. The summed E-state index contributed by atoms with van der Waals surface area (Å²) in [5.74, 6) is 0.514. The zero-order chi connectivity index (χ0) is 24.5. The number of alkyl halides is 3. The number of amides is 2. The smallest absolute Gasteiger partial charge is 0.406 e. The van der Waals surface area contributed by atoms with E-state index in [1.807, 2.05) is 13.8 Å². The number of piperidine rings is 2. The second-order valence-corrected chi connectivity index (χ2v) is 9.30. The Hall–Kier alpha value is -2.82. The van der Waals surface area contributed by atoms with Crippen molar-refractivity contribution in [3.8, 4) is 5.75 Å². The third-order valence-electron chi connectivity index (χ3n) is 6.36. The third-order valence-corrected chi connectivity index (χ3v) is 6.36. The molecule has 1 aromatic carbocycles. The molecular formula is C23H29F3N4O4. The number of urea groups is 1. The van der Waals surface area contributed by atoms with Crippen molar-refractivity contribution in [1.29, 1.82) is 0 Å². The number of ether oxygens (including phenoxy) is 1. The molecule has 2 unspecified atom stereocenters. The van der Waals surface area contributed by atoms with Gasteiger partial charge < -0.3 is 24.2 Å². The van der Waals surface area contributed by atoms with E-state index in [2.05, 4.69) is 14.9 Å². The lowest BCUT2D eigenvalue weighted by atomic mass is 9.84. The lowest BCUT2D eigenvalue weighted by Crippen LogP contribution is -2.51. The molecule has 2 aliphatic heterocycles. The molecule has 34 heavy (non-hydrogen) atoms. The van der Waals surface area contributed by atoms with Gasteiger partial charge in [0.2, 0.25) is 5.89 Å². The fourth-order valence-electron chi connectivity index (χ4n) is 4.52. The lowest BCUT2D eigenvalue weighted by molar-refractivity contribution is -0.274. The fraction of sp³-hybridized carbons (Fsp3) is 0.609. The van der Waals surface area contributed by atoms with Gasteiger partial charge in [0.25, 0.3) is 0 Å². The molecule has 4 rings (SSSR count). The molecule has 3 heterocycles. The molecule has 2 fully saturated rings. The summed E-state index contributed by atoms with van der Waals surface area (Å²) in [6, 6.07) is 5.65. The van der Waals surface area contributed by atoms with Crippen LogP contribution in [0.4, 0.5) is 18.0 Å². The van der Waals surface area contributed by atoms with Gasteiger partial charge in [-0.2, -0.15) is 4.98 Å². The van der Waals surface area contributed by atoms with Gasteiger partial charge in [-0.15, -0.1) is 13.2 Å². The molecule has 0 radical (unpaired) electrons. The van der Waals surface area contributed by atoms with Crippen molar-refractivity contribution in [3.05, 3.63) is 41.5 Å². The van der Waals surface area contributed by atoms with Crippen LogP contribution in [0.5, 0.6) is 5.75 Å². The minimum atomic E-state index is -4.76. The second-order valence-electron chi connectivity index (χ2n) is 9.30. The first-order valence-corrected chi connectivity index (χ1v) is 11.5. The number of aliphatic hydroxyl groups is 1. The topological polar surface area (TPSA) is 91.9 Å². The SMILES string of the molecule is CC(C)c1noc(C2CC(c3ccc(OC(F)(F)F)cc3)CN(C(=O)N3CCC(O)CC3)C2)n1. The Morgan fingerprint density at radius 2 is 1.76 bits per heavy atom. The van der Waals surface area contributed by atoms with E-state index in [0.717, 1.165) is 5.56 Å². The first-order chi connectivity index (χ1) is 16.1. The van der Waals surface area contributed by atoms with Crippen molar-refractivity contribution in [3.63, 3.8) is 0 Å². The maximum absolute atomic E-state index is 13.3. The zero-order valence-corrected chi connectivity index (χ0v) is 19.2. The average molecular weight is 483 g/mol. The number of aliphatic hydroxyl groups excluding tert-OH is 1. The van der Waals surface area contributed by atoms with Crippen LogP contribution in [0.3, 0.4) is 0 Å². The van der Waals surface area contributed by atoms with E-state index in [9.17, 15) is 23.1 Å². The Bertz CT molecular complexity index is 971. The molecule has 0 spiro atoms. The number of carbonyl (C=O) groups excluding carboxylic acids is 1. The van der Waals surface area contributed by atoms with Crippen molar-refractivity contribution in [1.82, 2.24) is 19.9 Å². The van der Waals surface area contributed by atoms with E-state index in [4.69, 9.17) is 4.52 Å². The highest BCUT2D eigenvalue weighted by Crippen LogP contribution is 2.37. The second kappa shape index (κ2) is 9.81. The Balaban J connectivity index is 1.55. The monoisotopic (exact) mass is 482 g/mol. The van der Waals surface area contributed by atoms with Gasteiger partial charge in [-0.25, -0.2) is 4.79 Å². The van der Waals surface area contributed by atoms with Gasteiger partial charge in [0.1, 0.15) is 5.75 Å². The quantitative estimate of drug-likeness (QED) is 0.701. The highest BCUT2D eigenvalue weighted by molar-refractivity contribution is 5.75. The van der Waals surface area contributed by atoms with Crippen LogP contribution in [-0.2, 0) is 0 Å². The van der Waals surface area contributed by atoms with E-state index in [1.54, 1.807) is 21.9 Å². The summed E-state index contributed by atoms with van der Waals surface area (Å²) in [5, 5.41) is 13.8. The van der Waals surface area contributed by atoms with Gasteiger partial charge in [0.05, 0.1) is 12.0 Å². The van der Waals surface area contributed by atoms with Crippen molar-refractivity contribution in [2.24, 2.45) is 0 Å². The fourth-order valence-corrected chi connectivity index (χ4v) is 4.52.